The van der Waals surface area contributed by atoms with E-state index in [1.807, 2.05) is 18.2 Å². The first-order valence-corrected chi connectivity index (χ1v) is 6.25. The Morgan fingerprint density at radius 1 is 1.11 bits per heavy atom. The van der Waals surface area contributed by atoms with Crippen LogP contribution in [0.5, 0.6) is 0 Å². The van der Waals surface area contributed by atoms with Gasteiger partial charge < -0.3 is 0 Å². The lowest BCUT2D eigenvalue weighted by Crippen LogP contribution is -1.97. The summed E-state index contributed by atoms with van der Waals surface area (Å²) in [6.45, 7) is 0. The fourth-order valence-electron chi connectivity index (χ4n) is 1.56. The first-order valence-electron chi connectivity index (χ1n) is 5.50. The molecular weight excluding hydrogens is 286 g/mol. The summed E-state index contributed by atoms with van der Waals surface area (Å²) in [5, 5.41) is 0.379. The third-order valence-electron chi connectivity index (χ3n) is 2.50. The summed E-state index contributed by atoms with van der Waals surface area (Å²) in [5.41, 5.74) is 0.952. The molecule has 4 heteroatoms. The minimum atomic E-state index is -0.486. The molecule has 96 valence electrons. The molecule has 2 rings (SSSR count). The van der Waals surface area contributed by atoms with Crippen molar-refractivity contribution in [1.29, 1.82) is 0 Å². The van der Waals surface area contributed by atoms with E-state index in [4.69, 9.17) is 23.2 Å². The second-order valence-electron chi connectivity index (χ2n) is 3.85. The fourth-order valence-corrected chi connectivity index (χ4v) is 2.05. The Kier molecular flexibility index (Phi) is 4.35. The zero-order valence-corrected chi connectivity index (χ0v) is 11.3. The van der Waals surface area contributed by atoms with Crippen molar-refractivity contribution in [2.75, 3.05) is 0 Å². The van der Waals surface area contributed by atoms with Gasteiger partial charge in [-0.1, -0.05) is 53.5 Å². The molecule has 0 atom stereocenters. The zero-order chi connectivity index (χ0) is 13.8. The Morgan fingerprint density at radius 3 is 2.42 bits per heavy atom. The van der Waals surface area contributed by atoms with Gasteiger partial charge in [0.2, 0.25) is 0 Å². The number of benzene rings is 2. The van der Waals surface area contributed by atoms with Gasteiger partial charge in [0.1, 0.15) is 5.82 Å². The van der Waals surface area contributed by atoms with E-state index in [0.717, 1.165) is 11.6 Å². The van der Waals surface area contributed by atoms with Crippen molar-refractivity contribution >= 4 is 34.0 Å². The maximum atomic E-state index is 12.9. The zero-order valence-electron chi connectivity index (χ0n) is 9.74. The van der Waals surface area contributed by atoms with Crippen LogP contribution in [0.15, 0.2) is 54.6 Å². The van der Waals surface area contributed by atoms with Crippen molar-refractivity contribution in [2.24, 2.45) is 0 Å². The van der Waals surface area contributed by atoms with Crippen LogP contribution in [0.4, 0.5) is 4.39 Å². The standard InChI is InChI=1S/C15H9Cl2FO/c16-13(10-4-2-1-3-5-10)9-15(19)12-7-6-11(18)8-14(12)17/h1-9H/b13-9-. The third-order valence-corrected chi connectivity index (χ3v) is 3.14. The molecule has 0 spiro atoms. The highest BCUT2D eigenvalue weighted by atomic mass is 35.5. The Hall–Kier alpha value is -1.64. The van der Waals surface area contributed by atoms with Gasteiger partial charge >= 0.3 is 0 Å². The van der Waals surface area contributed by atoms with E-state index in [-0.39, 0.29) is 16.4 Å². The van der Waals surface area contributed by atoms with Crippen molar-refractivity contribution in [3.8, 4) is 0 Å². The Labute approximate surface area is 120 Å². The van der Waals surface area contributed by atoms with Crippen molar-refractivity contribution < 1.29 is 9.18 Å². The van der Waals surface area contributed by atoms with Gasteiger partial charge in [0.15, 0.2) is 5.78 Å². The highest BCUT2D eigenvalue weighted by Crippen LogP contribution is 2.22. The molecule has 2 aromatic carbocycles. The second-order valence-corrected chi connectivity index (χ2v) is 4.66. The van der Waals surface area contributed by atoms with Crippen molar-refractivity contribution in [2.45, 2.75) is 0 Å². The second kappa shape index (κ2) is 6.00. The number of hydrogen-bond donors (Lipinski definition) is 0. The van der Waals surface area contributed by atoms with Crippen molar-refractivity contribution in [3.63, 3.8) is 0 Å². The van der Waals surface area contributed by atoms with Crippen LogP contribution in [0, 0.1) is 5.82 Å². The molecule has 0 radical (unpaired) electrons. The lowest BCUT2D eigenvalue weighted by atomic mass is 10.1. The molecule has 0 aromatic heterocycles. The van der Waals surface area contributed by atoms with Gasteiger partial charge in [0.05, 0.1) is 10.1 Å². The molecule has 0 fully saturated rings. The SMILES string of the molecule is O=C(/C=C(\Cl)c1ccccc1)c1ccc(F)cc1Cl. The van der Waals surface area contributed by atoms with Gasteiger partial charge in [0.25, 0.3) is 0 Å². The number of carbonyl (C=O) groups excluding carboxylic acids is 1. The summed E-state index contributed by atoms with van der Waals surface area (Å²) in [7, 11) is 0. The van der Waals surface area contributed by atoms with Gasteiger partial charge in [0, 0.05) is 11.6 Å². The normalized spacial score (nSPS) is 11.4. The minimum Gasteiger partial charge on any atom is -0.289 e. The van der Waals surface area contributed by atoms with Gasteiger partial charge in [-0.15, -0.1) is 0 Å². The lowest BCUT2D eigenvalue weighted by molar-refractivity contribution is 0.104. The van der Waals surface area contributed by atoms with E-state index in [9.17, 15) is 9.18 Å². The fraction of sp³-hybridized carbons (Fsp3) is 0. The van der Waals surface area contributed by atoms with Crippen LogP contribution in [-0.2, 0) is 0 Å². The average molecular weight is 295 g/mol. The monoisotopic (exact) mass is 294 g/mol. The van der Waals surface area contributed by atoms with E-state index >= 15 is 0 Å². The number of halogens is 3. The molecule has 1 nitrogen and oxygen atoms in total. The quantitative estimate of drug-likeness (QED) is 0.579. The van der Waals surface area contributed by atoms with E-state index in [2.05, 4.69) is 0 Å². The summed E-state index contributed by atoms with van der Waals surface area (Å²) in [6, 6.07) is 12.7. The molecule has 0 amide bonds. The summed E-state index contributed by atoms with van der Waals surface area (Å²) in [6.07, 6.45) is 1.27. The topological polar surface area (TPSA) is 17.1 Å². The first-order chi connectivity index (χ1) is 9.08. The highest BCUT2D eigenvalue weighted by molar-refractivity contribution is 6.50. The molecule has 0 heterocycles. The van der Waals surface area contributed by atoms with Crippen LogP contribution >= 0.6 is 23.2 Å². The minimum absolute atomic E-state index is 0.0683. The van der Waals surface area contributed by atoms with E-state index in [0.29, 0.717) is 5.03 Å². The van der Waals surface area contributed by atoms with Crippen LogP contribution in [-0.4, -0.2) is 5.78 Å². The molecule has 0 unspecified atom stereocenters. The maximum absolute atomic E-state index is 12.9. The summed E-state index contributed by atoms with van der Waals surface area (Å²) < 4.78 is 12.9. The predicted octanol–water partition coefficient (Wildman–Crippen LogP) is 4.94. The first kappa shape index (κ1) is 13.8. The third kappa shape index (κ3) is 3.43. The van der Waals surface area contributed by atoms with E-state index in [1.165, 1.54) is 18.2 Å². The molecule has 0 saturated carbocycles. The number of hydrogen-bond acceptors (Lipinski definition) is 1. The number of ketones is 1. The smallest absolute Gasteiger partial charge is 0.188 e. The number of rotatable bonds is 3. The Balaban J connectivity index is 2.30. The van der Waals surface area contributed by atoms with Gasteiger partial charge in [-0.25, -0.2) is 4.39 Å². The van der Waals surface area contributed by atoms with Gasteiger partial charge in [-0.05, 0) is 23.8 Å². The van der Waals surface area contributed by atoms with E-state index < -0.39 is 5.82 Å². The predicted molar refractivity (Wildman–Crippen MR) is 76.0 cm³/mol. The molecular formula is C15H9Cl2FO. The van der Waals surface area contributed by atoms with Crippen LogP contribution in [0.3, 0.4) is 0 Å². The highest BCUT2D eigenvalue weighted by Gasteiger charge is 2.10. The van der Waals surface area contributed by atoms with Crippen LogP contribution in [0.2, 0.25) is 5.02 Å². The molecule has 0 aliphatic heterocycles. The summed E-state index contributed by atoms with van der Waals surface area (Å²) >= 11 is 11.9. The molecule has 0 aliphatic rings. The van der Waals surface area contributed by atoms with Crippen molar-refractivity contribution in [1.82, 2.24) is 0 Å². The summed E-state index contributed by atoms with van der Waals surface area (Å²) in [4.78, 5) is 12.0. The number of carbonyl (C=O) groups is 1. The molecule has 19 heavy (non-hydrogen) atoms. The lowest BCUT2D eigenvalue weighted by Gasteiger charge is -2.02. The van der Waals surface area contributed by atoms with Crippen LogP contribution < -0.4 is 0 Å². The molecule has 0 N–H and O–H groups in total. The molecule has 0 bridgehead atoms. The van der Waals surface area contributed by atoms with E-state index in [1.54, 1.807) is 12.1 Å². The van der Waals surface area contributed by atoms with Gasteiger partial charge in [-0.3, -0.25) is 4.79 Å². The van der Waals surface area contributed by atoms with Gasteiger partial charge in [-0.2, -0.15) is 0 Å². The molecule has 0 saturated heterocycles. The largest absolute Gasteiger partial charge is 0.289 e. The van der Waals surface area contributed by atoms with Crippen LogP contribution in [0.25, 0.3) is 5.03 Å². The molecule has 0 aliphatic carbocycles. The average Bonchev–Trinajstić information content (AvgIpc) is 2.39. The Morgan fingerprint density at radius 2 is 1.79 bits per heavy atom. The number of allylic oxidation sites excluding steroid dienone is 1. The van der Waals surface area contributed by atoms with Crippen molar-refractivity contribution in [3.05, 3.63) is 76.6 Å². The Bertz CT molecular complexity index is 636. The molecule has 2 aromatic rings. The summed E-state index contributed by atoms with van der Waals surface area (Å²) in [5.74, 6) is -0.849. The maximum Gasteiger partial charge on any atom is 0.188 e. The van der Waals surface area contributed by atoms with Crippen LogP contribution in [0.1, 0.15) is 15.9 Å².